The lowest BCUT2D eigenvalue weighted by Gasteiger charge is -2.11. The molecular formula is C24H17FN2O3. The van der Waals surface area contributed by atoms with Gasteiger partial charge in [-0.1, -0.05) is 30.3 Å². The van der Waals surface area contributed by atoms with E-state index in [1.54, 1.807) is 37.3 Å². The summed E-state index contributed by atoms with van der Waals surface area (Å²) in [6.07, 6.45) is 1.75. The molecule has 1 aliphatic rings. The third-order valence-corrected chi connectivity index (χ3v) is 4.54. The standard InChI is InChI=1S/C24H17FN2O3/c1-16-22(23(28)27(26-16)20-5-3-2-4-6-20)15-17-7-13-21(14-8-17)30-24(29)18-9-11-19(25)12-10-18/h2-15H,1H3. The van der Waals surface area contributed by atoms with Crippen LogP contribution >= 0.6 is 0 Å². The number of halogens is 1. The fraction of sp³-hybridized carbons (Fsp3) is 0.0417. The van der Waals surface area contributed by atoms with Crippen molar-refractivity contribution in [2.24, 2.45) is 5.10 Å². The second-order valence-electron chi connectivity index (χ2n) is 6.66. The normalized spacial score (nSPS) is 14.7. The number of ether oxygens (including phenoxy) is 1. The Labute approximate surface area is 172 Å². The average Bonchev–Trinajstić information content (AvgIpc) is 3.04. The average molecular weight is 400 g/mol. The van der Waals surface area contributed by atoms with Gasteiger partial charge in [0.05, 0.1) is 22.5 Å². The van der Waals surface area contributed by atoms with E-state index >= 15 is 0 Å². The van der Waals surface area contributed by atoms with Crippen LogP contribution in [0.2, 0.25) is 0 Å². The van der Waals surface area contributed by atoms with Crippen LogP contribution < -0.4 is 9.75 Å². The Balaban J connectivity index is 1.48. The minimum absolute atomic E-state index is 0.203. The Hall–Kier alpha value is -4.06. The molecule has 0 saturated heterocycles. The van der Waals surface area contributed by atoms with Crippen LogP contribution in [0.5, 0.6) is 5.75 Å². The molecule has 1 amide bonds. The molecule has 0 atom stereocenters. The van der Waals surface area contributed by atoms with Crippen LogP contribution in [-0.2, 0) is 4.79 Å². The highest BCUT2D eigenvalue weighted by molar-refractivity contribution is 6.32. The zero-order valence-corrected chi connectivity index (χ0v) is 16.1. The van der Waals surface area contributed by atoms with Crippen molar-refractivity contribution >= 4 is 29.4 Å². The monoisotopic (exact) mass is 400 g/mol. The number of carbonyl (C=O) groups is 2. The van der Waals surface area contributed by atoms with Gasteiger partial charge in [-0.15, -0.1) is 0 Å². The smallest absolute Gasteiger partial charge is 0.343 e. The molecule has 6 heteroatoms. The Bertz CT molecular complexity index is 1150. The molecule has 0 spiro atoms. The zero-order chi connectivity index (χ0) is 21.1. The van der Waals surface area contributed by atoms with Crippen molar-refractivity contribution in [3.63, 3.8) is 0 Å². The van der Waals surface area contributed by atoms with Crippen molar-refractivity contribution in [1.82, 2.24) is 0 Å². The van der Waals surface area contributed by atoms with Gasteiger partial charge in [0.1, 0.15) is 11.6 Å². The number of esters is 1. The largest absolute Gasteiger partial charge is 0.423 e. The Morgan fingerprint density at radius 1 is 0.967 bits per heavy atom. The summed E-state index contributed by atoms with van der Waals surface area (Å²) in [5.41, 5.74) is 2.84. The van der Waals surface area contributed by atoms with Crippen molar-refractivity contribution in [2.45, 2.75) is 6.92 Å². The molecule has 3 aromatic rings. The summed E-state index contributed by atoms with van der Waals surface area (Å²) in [5.74, 6) is -0.852. The second kappa shape index (κ2) is 8.13. The van der Waals surface area contributed by atoms with Gasteiger partial charge in [-0.3, -0.25) is 4.79 Å². The van der Waals surface area contributed by atoms with Gasteiger partial charge < -0.3 is 4.74 Å². The molecule has 3 aromatic carbocycles. The van der Waals surface area contributed by atoms with E-state index in [1.807, 2.05) is 30.3 Å². The summed E-state index contributed by atoms with van der Waals surface area (Å²) < 4.78 is 18.3. The first-order chi connectivity index (χ1) is 14.5. The molecule has 0 aromatic heterocycles. The van der Waals surface area contributed by atoms with Gasteiger partial charge in [-0.05, 0) is 67.1 Å². The summed E-state index contributed by atoms with van der Waals surface area (Å²) in [4.78, 5) is 24.9. The number of benzene rings is 3. The zero-order valence-electron chi connectivity index (χ0n) is 16.1. The van der Waals surface area contributed by atoms with E-state index in [9.17, 15) is 14.0 Å². The lowest BCUT2D eigenvalue weighted by atomic mass is 10.1. The predicted molar refractivity (Wildman–Crippen MR) is 113 cm³/mol. The molecule has 1 aliphatic heterocycles. The predicted octanol–water partition coefficient (Wildman–Crippen LogP) is 4.85. The minimum atomic E-state index is -0.575. The SMILES string of the molecule is CC1=NN(c2ccccc2)C(=O)C1=Cc1ccc(OC(=O)c2ccc(F)cc2)cc1. The van der Waals surface area contributed by atoms with Gasteiger partial charge >= 0.3 is 5.97 Å². The number of amides is 1. The minimum Gasteiger partial charge on any atom is -0.423 e. The maximum atomic E-state index is 13.0. The van der Waals surface area contributed by atoms with Crippen LogP contribution in [0.25, 0.3) is 6.08 Å². The molecule has 0 aliphatic carbocycles. The van der Waals surface area contributed by atoms with Crippen LogP contribution in [0.1, 0.15) is 22.8 Å². The first kappa shape index (κ1) is 19.3. The van der Waals surface area contributed by atoms with E-state index < -0.39 is 11.8 Å². The van der Waals surface area contributed by atoms with Crippen LogP contribution in [0, 0.1) is 5.82 Å². The van der Waals surface area contributed by atoms with Gasteiger partial charge in [-0.25, -0.2) is 9.18 Å². The number of anilines is 1. The molecule has 0 fully saturated rings. The summed E-state index contributed by atoms with van der Waals surface area (Å²) in [6.45, 7) is 1.78. The van der Waals surface area contributed by atoms with Gasteiger partial charge in [0, 0.05) is 0 Å². The van der Waals surface area contributed by atoms with E-state index in [1.165, 1.54) is 29.3 Å². The number of rotatable bonds is 4. The topological polar surface area (TPSA) is 59.0 Å². The Morgan fingerprint density at radius 2 is 1.63 bits per heavy atom. The van der Waals surface area contributed by atoms with Crippen LogP contribution in [-0.4, -0.2) is 17.6 Å². The molecular weight excluding hydrogens is 383 g/mol. The van der Waals surface area contributed by atoms with E-state index in [2.05, 4.69) is 5.10 Å². The van der Waals surface area contributed by atoms with Crippen LogP contribution in [0.4, 0.5) is 10.1 Å². The van der Waals surface area contributed by atoms with E-state index in [4.69, 9.17) is 4.74 Å². The molecule has 4 rings (SSSR count). The number of hydrogen-bond acceptors (Lipinski definition) is 4. The third-order valence-electron chi connectivity index (χ3n) is 4.54. The molecule has 148 valence electrons. The van der Waals surface area contributed by atoms with Crippen LogP contribution in [0.3, 0.4) is 0 Å². The maximum Gasteiger partial charge on any atom is 0.343 e. The maximum absolute atomic E-state index is 13.0. The Morgan fingerprint density at radius 3 is 2.30 bits per heavy atom. The molecule has 0 N–H and O–H groups in total. The summed E-state index contributed by atoms with van der Waals surface area (Å²) >= 11 is 0. The molecule has 0 radical (unpaired) electrons. The highest BCUT2D eigenvalue weighted by Crippen LogP contribution is 2.25. The third kappa shape index (κ3) is 4.03. The highest BCUT2D eigenvalue weighted by atomic mass is 19.1. The molecule has 0 unspecified atom stereocenters. The number of carbonyl (C=O) groups excluding carboxylic acids is 2. The lowest BCUT2D eigenvalue weighted by Crippen LogP contribution is -2.21. The first-order valence-corrected chi connectivity index (χ1v) is 9.26. The summed E-state index contributed by atoms with van der Waals surface area (Å²) in [5, 5.41) is 5.73. The van der Waals surface area contributed by atoms with Crippen molar-refractivity contribution in [3.8, 4) is 5.75 Å². The molecule has 1 heterocycles. The van der Waals surface area contributed by atoms with Gasteiger partial charge in [-0.2, -0.15) is 10.1 Å². The Kier molecular flexibility index (Phi) is 5.22. The summed E-state index contributed by atoms with van der Waals surface area (Å²) in [6, 6.07) is 21.1. The highest BCUT2D eigenvalue weighted by Gasteiger charge is 2.28. The van der Waals surface area contributed by atoms with Gasteiger partial charge in [0.25, 0.3) is 5.91 Å². The second-order valence-corrected chi connectivity index (χ2v) is 6.66. The van der Waals surface area contributed by atoms with E-state index in [-0.39, 0.29) is 11.5 Å². The van der Waals surface area contributed by atoms with Gasteiger partial charge in [0.2, 0.25) is 0 Å². The molecule has 0 saturated carbocycles. The number of nitrogens with zero attached hydrogens (tertiary/aromatic N) is 2. The fourth-order valence-corrected chi connectivity index (χ4v) is 2.98. The van der Waals surface area contributed by atoms with Crippen molar-refractivity contribution in [2.75, 3.05) is 5.01 Å². The molecule has 5 nitrogen and oxygen atoms in total. The molecule has 30 heavy (non-hydrogen) atoms. The quantitative estimate of drug-likeness (QED) is 0.357. The van der Waals surface area contributed by atoms with Crippen molar-refractivity contribution in [3.05, 3.63) is 101 Å². The van der Waals surface area contributed by atoms with Crippen LogP contribution in [0.15, 0.2) is 89.5 Å². The number of hydrazone groups is 1. The fourth-order valence-electron chi connectivity index (χ4n) is 2.98. The number of hydrogen-bond donors (Lipinski definition) is 0. The van der Waals surface area contributed by atoms with E-state index in [0.717, 1.165) is 5.56 Å². The van der Waals surface area contributed by atoms with E-state index in [0.29, 0.717) is 22.7 Å². The summed E-state index contributed by atoms with van der Waals surface area (Å²) in [7, 11) is 0. The molecule has 0 bridgehead atoms. The lowest BCUT2D eigenvalue weighted by molar-refractivity contribution is -0.114. The number of para-hydroxylation sites is 1. The first-order valence-electron chi connectivity index (χ1n) is 9.26. The van der Waals surface area contributed by atoms with Gasteiger partial charge in [0.15, 0.2) is 0 Å². The van der Waals surface area contributed by atoms with Crippen molar-refractivity contribution in [1.29, 1.82) is 0 Å². The van der Waals surface area contributed by atoms with Crippen molar-refractivity contribution < 1.29 is 18.7 Å².